The van der Waals surface area contributed by atoms with Crippen molar-refractivity contribution in [3.63, 3.8) is 0 Å². The van der Waals surface area contributed by atoms with Crippen molar-refractivity contribution >= 4 is 5.91 Å². The van der Waals surface area contributed by atoms with Crippen LogP contribution >= 0.6 is 0 Å². The number of hydrogen-bond acceptors (Lipinski definition) is 4. The van der Waals surface area contributed by atoms with Gasteiger partial charge >= 0.3 is 0 Å². The molecular weight excluding hydrogens is 196 g/mol. The number of carbonyl (C=O) groups is 1. The Kier molecular flexibility index (Phi) is 3.47. The summed E-state index contributed by atoms with van der Waals surface area (Å²) in [5.41, 5.74) is 0.0694. The lowest BCUT2D eigenvalue weighted by molar-refractivity contribution is 0.0809. The average Bonchev–Trinajstić information content (AvgIpc) is 2.64. The molecule has 1 unspecified atom stereocenters. The maximum Gasteiger partial charge on any atom is 0.290 e. The monoisotopic (exact) mass is 212 g/mol. The number of amides is 1. The Balaban J connectivity index is 2.76. The molecule has 0 radical (unpaired) electrons. The van der Waals surface area contributed by atoms with E-state index in [9.17, 15) is 4.79 Å². The molecule has 0 aliphatic rings. The minimum absolute atomic E-state index is 0.109. The molecule has 1 amide bonds. The SMILES string of the molecule is CCC(C)(CO)NC(=O)c1oncc1C. The van der Waals surface area contributed by atoms with Gasteiger partial charge in [-0.2, -0.15) is 0 Å². The summed E-state index contributed by atoms with van der Waals surface area (Å²) in [6.45, 7) is 5.30. The van der Waals surface area contributed by atoms with Gasteiger partial charge in [0.15, 0.2) is 0 Å². The Hall–Kier alpha value is -1.36. The van der Waals surface area contributed by atoms with E-state index >= 15 is 0 Å². The van der Waals surface area contributed by atoms with Crippen LogP contribution in [0.3, 0.4) is 0 Å². The van der Waals surface area contributed by atoms with E-state index in [1.54, 1.807) is 13.8 Å². The summed E-state index contributed by atoms with van der Waals surface area (Å²) in [6.07, 6.45) is 2.12. The quantitative estimate of drug-likeness (QED) is 0.776. The van der Waals surface area contributed by atoms with Gasteiger partial charge in [-0.1, -0.05) is 12.1 Å². The second-order valence-electron chi connectivity index (χ2n) is 3.86. The fourth-order valence-electron chi connectivity index (χ4n) is 1.08. The number of hydrogen-bond donors (Lipinski definition) is 2. The van der Waals surface area contributed by atoms with Crippen LogP contribution in [0.1, 0.15) is 36.4 Å². The molecule has 1 atom stereocenters. The highest BCUT2D eigenvalue weighted by Gasteiger charge is 2.26. The summed E-state index contributed by atoms with van der Waals surface area (Å²) in [7, 11) is 0. The summed E-state index contributed by atoms with van der Waals surface area (Å²) in [6, 6.07) is 0. The van der Waals surface area contributed by atoms with Gasteiger partial charge in [0.2, 0.25) is 5.76 Å². The van der Waals surface area contributed by atoms with Gasteiger partial charge < -0.3 is 14.9 Å². The summed E-state index contributed by atoms with van der Waals surface area (Å²) < 4.78 is 4.82. The second kappa shape index (κ2) is 4.44. The fourth-order valence-corrected chi connectivity index (χ4v) is 1.08. The Morgan fingerprint density at radius 1 is 1.73 bits per heavy atom. The van der Waals surface area contributed by atoms with Gasteiger partial charge in [0.1, 0.15) is 0 Å². The van der Waals surface area contributed by atoms with Gasteiger partial charge in [-0.25, -0.2) is 0 Å². The van der Waals surface area contributed by atoms with Crippen molar-refractivity contribution in [3.05, 3.63) is 17.5 Å². The van der Waals surface area contributed by atoms with Gasteiger partial charge in [-0.3, -0.25) is 4.79 Å². The maximum absolute atomic E-state index is 11.7. The maximum atomic E-state index is 11.7. The first-order valence-corrected chi connectivity index (χ1v) is 4.87. The molecule has 84 valence electrons. The average molecular weight is 212 g/mol. The smallest absolute Gasteiger partial charge is 0.290 e. The molecule has 1 aromatic heterocycles. The number of aliphatic hydroxyl groups is 1. The summed E-state index contributed by atoms with van der Waals surface area (Å²) in [4.78, 5) is 11.7. The first-order chi connectivity index (χ1) is 7.02. The van der Waals surface area contributed by atoms with Gasteiger partial charge in [0, 0.05) is 5.56 Å². The molecule has 5 nitrogen and oxygen atoms in total. The molecule has 15 heavy (non-hydrogen) atoms. The van der Waals surface area contributed by atoms with E-state index in [-0.39, 0.29) is 18.3 Å². The molecule has 1 aromatic rings. The van der Waals surface area contributed by atoms with E-state index in [4.69, 9.17) is 9.63 Å². The number of rotatable bonds is 4. The predicted molar refractivity (Wildman–Crippen MR) is 54.5 cm³/mol. The van der Waals surface area contributed by atoms with Gasteiger partial charge in [0.05, 0.1) is 18.3 Å². The molecule has 0 aliphatic heterocycles. The Morgan fingerprint density at radius 2 is 2.40 bits per heavy atom. The zero-order valence-corrected chi connectivity index (χ0v) is 9.20. The van der Waals surface area contributed by atoms with E-state index in [0.29, 0.717) is 12.0 Å². The van der Waals surface area contributed by atoms with Crippen LogP contribution in [0.2, 0.25) is 0 Å². The van der Waals surface area contributed by atoms with Crippen molar-refractivity contribution in [2.75, 3.05) is 6.61 Å². The van der Waals surface area contributed by atoms with E-state index in [0.717, 1.165) is 0 Å². The molecule has 0 aliphatic carbocycles. The number of aromatic nitrogens is 1. The van der Waals surface area contributed by atoms with Crippen molar-refractivity contribution in [2.24, 2.45) is 0 Å². The van der Waals surface area contributed by atoms with Gasteiger partial charge in [-0.05, 0) is 20.3 Å². The molecule has 1 rings (SSSR count). The topological polar surface area (TPSA) is 75.4 Å². The van der Waals surface area contributed by atoms with Crippen LogP contribution in [-0.4, -0.2) is 28.3 Å². The third-order valence-electron chi connectivity index (χ3n) is 2.50. The molecule has 2 N–H and O–H groups in total. The molecule has 0 saturated heterocycles. The molecule has 0 bridgehead atoms. The lowest BCUT2D eigenvalue weighted by Gasteiger charge is -2.26. The summed E-state index contributed by atoms with van der Waals surface area (Å²) in [5, 5.41) is 15.4. The van der Waals surface area contributed by atoms with Crippen LogP contribution in [0.5, 0.6) is 0 Å². The van der Waals surface area contributed by atoms with E-state index in [1.165, 1.54) is 6.20 Å². The molecular formula is C10H16N2O3. The third-order valence-corrected chi connectivity index (χ3v) is 2.50. The van der Waals surface area contributed by atoms with Crippen molar-refractivity contribution in [3.8, 4) is 0 Å². The first kappa shape index (κ1) is 11.7. The van der Waals surface area contributed by atoms with Crippen molar-refractivity contribution in [1.29, 1.82) is 0 Å². The van der Waals surface area contributed by atoms with Crippen molar-refractivity contribution in [2.45, 2.75) is 32.7 Å². The number of nitrogens with zero attached hydrogens (tertiary/aromatic N) is 1. The van der Waals surface area contributed by atoms with Gasteiger partial charge in [0.25, 0.3) is 5.91 Å². The third kappa shape index (κ3) is 2.56. The Labute approximate surface area is 88.5 Å². The highest BCUT2D eigenvalue weighted by atomic mass is 16.5. The molecule has 1 heterocycles. The zero-order chi connectivity index (χ0) is 11.5. The van der Waals surface area contributed by atoms with E-state index in [1.807, 2.05) is 6.92 Å². The standard InChI is InChI=1S/C10H16N2O3/c1-4-10(3,6-13)12-9(14)8-7(2)5-11-15-8/h5,13H,4,6H2,1-3H3,(H,12,14). The highest BCUT2D eigenvalue weighted by Crippen LogP contribution is 2.11. The lowest BCUT2D eigenvalue weighted by Crippen LogP contribution is -2.48. The number of carbonyl (C=O) groups excluding carboxylic acids is 1. The molecule has 5 heteroatoms. The van der Waals surface area contributed by atoms with Crippen molar-refractivity contribution < 1.29 is 14.4 Å². The summed E-state index contributed by atoms with van der Waals surface area (Å²) in [5.74, 6) is -0.147. The number of nitrogens with one attached hydrogen (secondary N) is 1. The predicted octanol–water partition coefficient (Wildman–Crippen LogP) is 0.874. The molecule has 0 aromatic carbocycles. The largest absolute Gasteiger partial charge is 0.394 e. The minimum atomic E-state index is -0.615. The molecule has 0 saturated carbocycles. The fraction of sp³-hybridized carbons (Fsp3) is 0.600. The minimum Gasteiger partial charge on any atom is -0.394 e. The Bertz CT molecular complexity index is 342. The molecule has 0 spiro atoms. The van der Waals surface area contributed by atoms with Crippen LogP contribution in [0.15, 0.2) is 10.7 Å². The van der Waals surface area contributed by atoms with Gasteiger partial charge in [-0.15, -0.1) is 0 Å². The zero-order valence-electron chi connectivity index (χ0n) is 9.20. The number of aliphatic hydroxyl groups excluding tert-OH is 1. The second-order valence-corrected chi connectivity index (χ2v) is 3.86. The lowest BCUT2D eigenvalue weighted by atomic mass is 10.00. The van der Waals surface area contributed by atoms with Crippen LogP contribution in [0.25, 0.3) is 0 Å². The van der Waals surface area contributed by atoms with Crippen LogP contribution in [-0.2, 0) is 0 Å². The number of aryl methyl sites for hydroxylation is 1. The van der Waals surface area contributed by atoms with Crippen LogP contribution < -0.4 is 5.32 Å². The first-order valence-electron chi connectivity index (χ1n) is 4.87. The normalized spacial score (nSPS) is 14.7. The van der Waals surface area contributed by atoms with E-state index < -0.39 is 5.54 Å². The molecule has 0 fully saturated rings. The van der Waals surface area contributed by atoms with Crippen LogP contribution in [0, 0.1) is 6.92 Å². The summed E-state index contributed by atoms with van der Waals surface area (Å²) >= 11 is 0. The van der Waals surface area contributed by atoms with Crippen molar-refractivity contribution in [1.82, 2.24) is 10.5 Å². The highest BCUT2D eigenvalue weighted by molar-refractivity contribution is 5.93. The Morgan fingerprint density at radius 3 is 2.80 bits per heavy atom. The van der Waals surface area contributed by atoms with Crippen LogP contribution in [0.4, 0.5) is 0 Å². The van der Waals surface area contributed by atoms with E-state index in [2.05, 4.69) is 10.5 Å².